The van der Waals surface area contributed by atoms with Crippen LogP contribution in [0.2, 0.25) is 0 Å². The van der Waals surface area contributed by atoms with E-state index in [1.165, 1.54) is 30.0 Å². The molecule has 0 radical (unpaired) electrons. The summed E-state index contributed by atoms with van der Waals surface area (Å²) in [5.74, 6) is -0.516. The SMILES string of the molecule is Cn1c(SCC(=O)Nc2ccccc2)nnc1-c1cccc(NC(=O)c2ccccc2F)c1. The molecule has 4 rings (SSSR count). The van der Waals surface area contributed by atoms with Gasteiger partial charge >= 0.3 is 0 Å². The van der Waals surface area contributed by atoms with Gasteiger partial charge in [0.2, 0.25) is 5.91 Å². The summed E-state index contributed by atoms with van der Waals surface area (Å²) < 4.78 is 15.7. The minimum atomic E-state index is -0.586. The quantitative estimate of drug-likeness (QED) is 0.393. The molecule has 2 N–H and O–H groups in total. The molecule has 3 aromatic carbocycles. The van der Waals surface area contributed by atoms with Gasteiger partial charge in [0.1, 0.15) is 5.82 Å². The third-order valence-electron chi connectivity index (χ3n) is 4.72. The van der Waals surface area contributed by atoms with E-state index in [1.807, 2.05) is 36.4 Å². The average molecular weight is 462 g/mol. The molecule has 4 aromatic rings. The molecular formula is C24H20FN5O2S. The van der Waals surface area contributed by atoms with Crippen molar-refractivity contribution in [1.82, 2.24) is 14.8 Å². The summed E-state index contributed by atoms with van der Waals surface area (Å²) in [4.78, 5) is 24.6. The lowest BCUT2D eigenvalue weighted by molar-refractivity contribution is -0.113. The lowest BCUT2D eigenvalue weighted by atomic mass is 10.1. The van der Waals surface area contributed by atoms with Gasteiger partial charge in [-0.15, -0.1) is 10.2 Å². The van der Waals surface area contributed by atoms with Gasteiger partial charge in [-0.2, -0.15) is 0 Å². The number of rotatable bonds is 7. The molecule has 0 aliphatic rings. The molecule has 1 aromatic heterocycles. The lowest BCUT2D eigenvalue weighted by Crippen LogP contribution is -2.14. The van der Waals surface area contributed by atoms with Crippen molar-refractivity contribution in [2.24, 2.45) is 7.05 Å². The number of carbonyl (C=O) groups is 2. The number of amides is 2. The van der Waals surface area contributed by atoms with Gasteiger partial charge < -0.3 is 15.2 Å². The topological polar surface area (TPSA) is 88.9 Å². The van der Waals surface area contributed by atoms with Crippen LogP contribution >= 0.6 is 11.8 Å². The number of carbonyl (C=O) groups excluding carboxylic acids is 2. The normalized spacial score (nSPS) is 10.6. The van der Waals surface area contributed by atoms with Gasteiger partial charge in [-0.25, -0.2) is 4.39 Å². The molecule has 0 unspecified atom stereocenters. The minimum Gasteiger partial charge on any atom is -0.325 e. The number of hydrogen-bond acceptors (Lipinski definition) is 5. The molecular weight excluding hydrogens is 441 g/mol. The smallest absolute Gasteiger partial charge is 0.258 e. The molecule has 33 heavy (non-hydrogen) atoms. The molecule has 0 saturated carbocycles. The Hall–Kier alpha value is -3.98. The van der Waals surface area contributed by atoms with Gasteiger partial charge in [-0.3, -0.25) is 9.59 Å². The Bertz CT molecular complexity index is 1290. The number of hydrogen-bond donors (Lipinski definition) is 2. The predicted octanol–water partition coefficient (Wildman–Crippen LogP) is 4.60. The number of aromatic nitrogens is 3. The molecule has 0 aliphatic carbocycles. The van der Waals surface area contributed by atoms with Crippen LogP contribution in [0, 0.1) is 5.82 Å². The Morgan fingerprint density at radius 3 is 2.42 bits per heavy atom. The van der Waals surface area contributed by atoms with E-state index in [1.54, 1.807) is 35.9 Å². The van der Waals surface area contributed by atoms with Crippen molar-refractivity contribution < 1.29 is 14.0 Å². The van der Waals surface area contributed by atoms with E-state index >= 15 is 0 Å². The first-order valence-corrected chi connectivity index (χ1v) is 11.0. The van der Waals surface area contributed by atoms with E-state index in [-0.39, 0.29) is 17.2 Å². The van der Waals surface area contributed by atoms with E-state index in [0.717, 1.165) is 11.3 Å². The summed E-state index contributed by atoms with van der Waals surface area (Å²) in [5.41, 5.74) is 1.92. The maximum Gasteiger partial charge on any atom is 0.258 e. The van der Waals surface area contributed by atoms with Crippen LogP contribution in [-0.4, -0.2) is 32.3 Å². The van der Waals surface area contributed by atoms with Crippen LogP contribution in [0.25, 0.3) is 11.4 Å². The molecule has 0 aliphatic heterocycles. The zero-order valence-electron chi connectivity index (χ0n) is 17.7. The molecule has 0 saturated heterocycles. The average Bonchev–Trinajstić information content (AvgIpc) is 3.19. The highest BCUT2D eigenvalue weighted by Gasteiger charge is 2.15. The van der Waals surface area contributed by atoms with Crippen LogP contribution in [0.5, 0.6) is 0 Å². The van der Waals surface area contributed by atoms with E-state index in [4.69, 9.17) is 0 Å². The number of anilines is 2. The van der Waals surface area contributed by atoms with Crippen molar-refractivity contribution in [2.45, 2.75) is 5.16 Å². The first kappa shape index (κ1) is 22.2. The molecule has 7 nitrogen and oxygen atoms in total. The molecule has 0 bridgehead atoms. The first-order chi connectivity index (χ1) is 16.0. The molecule has 166 valence electrons. The van der Waals surface area contributed by atoms with Gasteiger partial charge in [0.25, 0.3) is 5.91 Å². The van der Waals surface area contributed by atoms with Crippen molar-refractivity contribution in [3.8, 4) is 11.4 Å². The van der Waals surface area contributed by atoms with E-state index in [9.17, 15) is 14.0 Å². The van der Waals surface area contributed by atoms with Crippen molar-refractivity contribution in [3.63, 3.8) is 0 Å². The van der Waals surface area contributed by atoms with Crippen LogP contribution < -0.4 is 10.6 Å². The van der Waals surface area contributed by atoms with Gasteiger partial charge in [0.15, 0.2) is 11.0 Å². The monoisotopic (exact) mass is 461 g/mol. The standard InChI is InChI=1S/C24H20FN5O2S/c1-30-22(28-29-24(30)33-15-21(31)26-17-9-3-2-4-10-17)16-8-7-11-18(14-16)27-23(32)19-12-5-6-13-20(19)25/h2-14H,15H2,1H3,(H,26,31)(H,27,32). The van der Waals surface area contributed by atoms with Crippen LogP contribution in [0.4, 0.5) is 15.8 Å². The number of benzene rings is 3. The van der Waals surface area contributed by atoms with Gasteiger partial charge in [0, 0.05) is 24.0 Å². The van der Waals surface area contributed by atoms with E-state index in [2.05, 4.69) is 20.8 Å². The molecule has 2 amide bonds. The highest BCUT2D eigenvalue weighted by atomic mass is 32.2. The summed E-state index contributed by atoms with van der Waals surface area (Å²) in [7, 11) is 1.80. The Morgan fingerprint density at radius 2 is 1.64 bits per heavy atom. The lowest BCUT2D eigenvalue weighted by Gasteiger charge is -2.08. The van der Waals surface area contributed by atoms with Crippen LogP contribution in [0.3, 0.4) is 0 Å². The van der Waals surface area contributed by atoms with Crippen molar-refractivity contribution in [1.29, 1.82) is 0 Å². The van der Waals surface area contributed by atoms with Crippen LogP contribution in [0.15, 0.2) is 84.0 Å². The Labute approximate surface area is 194 Å². The first-order valence-electron chi connectivity index (χ1n) is 10.0. The number of nitrogens with one attached hydrogen (secondary N) is 2. The maximum atomic E-state index is 13.9. The van der Waals surface area contributed by atoms with E-state index in [0.29, 0.717) is 16.7 Å². The fourth-order valence-electron chi connectivity index (χ4n) is 3.12. The van der Waals surface area contributed by atoms with Gasteiger partial charge in [-0.1, -0.05) is 54.2 Å². The Morgan fingerprint density at radius 1 is 0.909 bits per heavy atom. The molecule has 1 heterocycles. The Kier molecular flexibility index (Phi) is 6.80. The number of para-hydroxylation sites is 1. The van der Waals surface area contributed by atoms with Crippen molar-refractivity contribution >= 4 is 35.0 Å². The molecule has 0 fully saturated rings. The van der Waals surface area contributed by atoms with Gasteiger partial charge in [0.05, 0.1) is 11.3 Å². The second kappa shape index (κ2) is 10.1. The predicted molar refractivity (Wildman–Crippen MR) is 127 cm³/mol. The second-order valence-electron chi connectivity index (χ2n) is 7.08. The number of halogens is 1. The Balaban J connectivity index is 1.43. The largest absolute Gasteiger partial charge is 0.325 e. The van der Waals surface area contributed by atoms with Crippen LogP contribution in [-0.2, 0) is 11.8 Å². The van der Waals surface area contributed by atoms with E-state index < -0.39 is 11.7 Å². The molecule has 0 spiro atoms. The highest BCUT2D eigenvalue weighted by Crippen LogP contribution is 2.25. The fourth-order valence-corrected chi connectivity index (χ4v) is 3.83. The summed E-state index contributed by atoms with van der Waals surface area (Å²) in [6.07, 6.45) is 0. The zero-order valence-corrected chi connectivity index (χ0v) is 18.5. The zero-order chi connectivity index (χ0) is 23.2. The van der Waals surface area contributed by atoms with Gasteiger partial charge in [-0.05, 0) is 36.4 Å². The van der Waals surface area contributed by atoms with Crippen molar-refractivity contribution in [2.75, 3.05) is 16.4 Å². The highest BCUT2D eigenvalue weighted by molar-refractivity contribution is 7.99. The third kappa shape index (κ3) is 5.45. The minimum absolute atomic E-state index is 0.0333. The van der Waals surface area contributed by atoms with Crippen molar-refractivity contribution in [3.05, 3.63) is 90.2 Å². The summed E-state index contributed by atoms with van der Waals surface area (Å²) in [6, 6.07) is 22.1. The van der Waals surface area contributed by atoms with Crippen LogP contribution in [0.1, 0.15) is 10.4 Å². The summed E-state index contributed by atoms with van der Waals surface area (Å²) in [5, 5.41) is 14.5. The number of thioether (sulfide) groups is 1. The molecule has 0 atom stereocenters. The maximum absolute atomic E-state index is 13.9. The third-order valence-corrected chi connectivity index (χ3v) is 5.74. The summed E-state index contributed by atoms with van der Waals surface area (Å²) >= 11 is 1.27. The second-order valence-corrected chi connectivity index (χ2v) is 8.03. The number of nitrogens with zero attached hydrogens (tertiary/aromatic N) is 3. The fraction of sp³-hybridized carbons (Fsp3) is 0.0833. The molecule has 9 heteroatoms. The summed E-state index contributed by atoms with van der Waals surface area (Å²) in [6.45, 7) is 0.